The summed E-state index contributed by atoms with van der Waals surface area (Å²) in [6.45, 7) is 3.80. The maximum atomic E-state index is 13.8. The number of carbonyl (C=O) groups is 1. The SMILES string of the molecule is CC1=C(C(=O)Nc2ccc(C)cn2)C(c2cn(-c3ccccc3)nc2-c2ccc(Cl)cc2)n2ncnc2N1. The Hall–Kier alpha value is -4.76. The molecule has 188 valence electrons. The number of halogens is 1. The summed E-state index contributed by atoms with van der Waals surface area (Å²) in [5.41, 5.74) is 5.37. The first-order valence-corrected chi connectivity index (χ1v) is 12.4. The molecular weight excluding hydrogens is 500 g/mol. The van der Waals surface area contributed by atoms with E-state index in [1.165, 1.54) is 6.33 Å². The molecule has 3 aromatic heterocycles. The second-order valence-electron chi connectivity index (χ2n) is 8.99. The van der Waals surface area contributed by atoms with Crippen molar-refractivity contribution in [2.45, 2.75) is 19.9 Å². The highest BCUT2D eigenvalue weighted by Gasteiger charge is 2.36. The summed E-state index contributed by atoms with van der Waals surface area (Å²) in [6, 6.07) is 20.4. The number of aromatic nitrogens is 6. The molecule has 5 aromatic rings. The third-order valence-electron chi connectivity index (χ3n) is 6.37. The van der Waals surface area contributed by atoms with Crippen LogP contribution >= 0.6 is 11.6 Å². The molecule has 0 bridgehead atoms. The van der Waals surface area contributed by atoms with Gasteiger partial charge in [-0.15, -0.1) is 0 Å². The Bertz CT molecular complexity index is 1650. The summed E-state index contributed by atoms with van der Waals surface area (Å²) in [4.78, 5) is 22.5. The minimum Gasteiger partial charge on any atom is -0.328 e. The van der Waals surface area contributed by atoms with E-state index in [9.17, 15) is 4.79 Å². The lowest BCUT2D eigenvalue weighted by Crippen LogP contribution is -2.31. The molecule has 1 aliphatic rings. The Balaban J connectivity index is 1.52. The van der Waals surface area contributed by atoms with Crippen LogP contribution in [0.3, 0.4) is 0 Å². The average Bonchev–Trinajstić information content (AvgIpc) is 3.58. The summed E-state index contributed by atoms with van der Waals surface area (Å²) in [5, 5.41) is 16.2. The number of anilines is 2. The molecule has 1 amide bonds. The number of nitrogens with zero attached hydrogens (tertiary/aromatic N) is 6. The van der Waals surface area contributed by atoms with Crippen LogP contribution in [-0.2, 0) is 4.79 Å². The van der Waals surface area contributed by atoms with Gasteiger partial charge in [0, 0.05) is 34.2 Å². The van der Waals surface area contributed by atoms with Crippen LogP contribution in [0.25, 0.3) is 16.9 Å². The highest BCUT2D eigenvalue weighted by molar-refractivity contribution is 6.30. The molecule has 0 saturated heterocycles. The Labute approximate surface area is 223 Å². The molecule has 9 nitrogen and oxygen atoms in total. The van der Waals surface area contributed by atoms with Crippen LogP contribution in [0.5, 0.6) is 0 Å². The standard InChI is InChI=1S/C28H23ClN8O/c1-17-8-13-23(30-14-17)34-27(38)24-18(2)33-28-31-16-32-37(28)26(24)22-15-36(21-6-4-3-5-7-21)35-25(22)19-9-11-20(29)12-10-19/h3-16,26H,1-2H3,(H,30,34,38)(H,31,32,33). The normalized spacial score (nSPS) is 14.7. The number of aryl methyl sites for hydroxylation is 1. The van der Waals surface area contributed by atoms with Crippen molar-refractivity contribution in [3.05, 3.63) is 113 Å². The Morgan fingerprint density at radius 2 is 1.79 bits per heavy atom. The number of nitrogens with one attached hydrogen (secondary N) is 2. The minimum atomic E-state index is -0.609. The van der Waals surface area contributed by atoms with Gasteiger partial charge >= 0.3 is 0 Å². The smallest absolute Gasteiger partial charge is 0.257 e. The van der Waals surface area contributed by atoms with Crippen LogP contribution in [0, 0.1) is 6.92 Å². The lowest BCUT2D eigenvalue weighted by atomic mass is 9.93. The van der Waals surface area contributed by atoms with Crippen molar-refractivity contribution in [3.63, 3.8) is 0 Å². The van der Waals surface area contributed by atoms with Gasteiger partial charge in [0.1, 0.15) is 18.2 Å². The number of carbonyl (C=O) groups excluding carboxylic acids is 1. The van der Waals surface area contributed by atoms with Crippen LogP contribution in [0.4, 0.5) is 11.8 Å². The zero-order valence-corrected chi connectivity index (χ0v) is 21.4. The van der Waals surface area contributed by atoms with E-state index < -0.39 is 6.04 Å². The molecule has 1 unspecified atom stereocenters. The number of para-hydroxylation sites is 1. The van der Waals surface area contributed by atoms with Gasteiger partial charge in [0.15, 0.2) is 0 Å². The van der Waals surface area contributed by atoms with E-state index in [-0.39, 0.29) is 5.91 Å². The summed E-state index contributed by atoms with van der Waals surface area (Å²) in [7, 11) is 0. The van der Waals surface area contributed by atoms with Crippen molar-refractivity contribution in [1.82, 2.24) is 29.5 Å². The first-order valence-electron chi connectivity index (χ1n) is 12.0. The molecule has 38 heavy (non-hydrogen) atoms. The lowest BCUT2D eigenvalue weighted by molar-refractivity contribution is -0.113. The molecule has 2 N–H and O–H groups in total. The molecular formula is C28H23ClN8O. The van der Waals surface area contributed by atoms with E-state index in [4.69, 9.17) is 16.7 Å². The van der Waals surface area contributed by atoms with Crippen molar-refractivity contribution < 1.29 is 4.79 Å². The zero-order chi connectivity index (χ0) is 26.2. The maximum absolute atomic E-state index is 13.8. The molecule has 0 saturated carbocycles. The topological polar surface area (TPSA) is 103 Å². The predicted molar refractivity (Wildman–Crippen MR) is 146 cm³/mol. The number of fused-ring (bicyclic) bond motifs is 1. The quantitative estimate of drug-likeness (QED) is 0.320. The van der Waals surface area contributed by atoms with Crippen molar-refractivity contribution in [2.24, 2.45) is 0 Å². The van der Waals surface area contributed by atoms with Crippen molar-refractivity contribution in [3.8, 4) is 16.9 Å². The third kappa shape index (κ3) is 4.33. The van der Waals surface area contributed by atoms with Gasteiger partial charge in [0.25, 0.3) is 5.91 Å². The fourth-order valence-electron chi connectivity index (χ4n) is 4.53. The number of hydrogen-bond acceptors (Lipinski definition) is 6. The Morgan fingerprint density at radius 1 is 1.00 bits per heavy atom. The predicted octanol–water partition coefficient (Wildman–Crippen LogP) is 5.42. The number of hydrogen-bond donors (Lipinski definition) is 2. The molecule has 0 radical (unpaired) electrons. The van der Waals surface area contributed by atoms with Gasteiger partial charge in [-0.1, -0.05) is 48.0 Å². The second-order valence-corrected chi connectivity index (χ2v) is 9.43. The van der Waals surface area contributed by atoms with Crippen LogP contribution in [0.1, 0.15) is 24.1 Å². The average molecular weight is 523 g/mol. The summed E-state index contributed by atoms with van der Waals surface area (Å²) in [5.74, 6) is 0.695. The maximum Gasteiger partial charge on any atom is 0.257 e. The van der Waals surface area contributed by atoms with E-state index in [1.54, 1.807) is 16.9 Å². The van der Waals surface area contributed by atoms with Gasteiger partial charge in [0.2, 0.25) is 5.95 Å². The van der Waals surface area contributed by atoms with Gasteiger partial charge in [-0.05, 0) is 49.7 Å². The molecule has 0 spiro atoms. The van der Waals surface area contributed by atoms with E-state index in [1.807, 2.05) is 85.4 Å². The Morgan fingerprint density at radius 3 is 2.53 bits per heavy atom. The van der Waals surface area contributed by atoms with Crippen LogP contribution in [0.2, 0.25) is 5.02 Å². The molecule has 1 atom stereocenters. The fraction of sp³-hybridized carbons (Fsp3) is 0.107. The van der Waals surface area contributed by atoms with E-state index in [2.05, 4.69) is 25.7 Å². The van der Waals surface area contributed by atoms with Gasteiger partial charge in [0.05, 0.1) is 17.0 Å². The van der Waals surface area contributed by atoms with E-state index in [0.717, 1.165) is 22.4 Å². The van der Waals surface area contributed by atoms with Crippen LogP contribution in [0.15, 0.2) is 96.7 Å². The largest absolute Gasteiger partial charge is 0.328 e. The zero-order valence-electron chi connectivity index (χ0n) is 20.6. The number of amides is 1. The van der Waals surface area contributed by atoms with E-state index >= 15 is 0 Å². The van der Waals surface area contributed by atoms with Crippen LogP contribution in [-0.4, -0.2) is 35.4 Å². The Kier molecular flexibility index (Phi) is 5.97. The van der Waals surface area contributed by atoms with Crippen molar-refractivity contribution >= 4 is 29.3 Å². The molecule has 10 heteroatoms. The molecule has 2 aromatic carbocycles. The van der Waals surface area contributed by atoms with Gasteiger partial charge in [-0.3, -0.25) is 4.79 Å². The van der Waals surface area contributed by atoms with Crippen molar-refractivity contribution in [2.75, 3.05) is 10.6 Å². The summed E-state index contributed by atoms with van der Waals surface area (Å²) < 4.78 is 3.51. The van der Waals surface area contributed by atoms with Gasteiger partial charge in [-0.25, -0.2) is 14.3 Å². The van der Waals surface area contributed by atoms with Gasteiger partial charge in [-0.2, -0.15) is 15.2 Å². The number of rotatable bonds is 5. The lowest BCUT2D eigenvalue weighted by Gasteiger charge is -2.28. The minimum absolute atomic E-state index is 0.299. The highest BCUT2D eigenvalue weighted by atomic mass is 35.5. The van der Waals surface area contributed by atoms with E-state index in [0.29, 0.717) is 33.8 Å². The molecule has 0 aliphatic carbocycles. The molecule has 6 rings (SSSR count). The summed E-state index contributed by atoms with van der Waals surface area (Å²) in [6.07, 6.45) is 5.12. The number of allylic oxidation sites excluding steroid dienone is 1. The number of benzene rings is 2. The van der Waals surface area contributed by atoms with Crippen LogP contribution < -0.4 is 10.6 Å². The van der Waals surface area contributed by atoms with Crippen molar-refractivity contribution in [1.29, 1.82) is 0 Å². The highest BCUT2D eigenvalue weighted by Crippen LogP contribution is 2.40. The first-order chi connectivity index (χ1) is 18.5. The van der Waals surface area contributed by atoms with Gasteiger partial charge < -0.3 is 10.6 Å². The summed E-state index contributed by atoms with van der Waals surface area (Å²) >= 11 is 6.19. The molecule has 1 aliphatic heterocycles. The first kappa shape index (κ1) is 23.6. The number of pyridine rings is 1. The second kappa shape index (κ2) is 9.60. The monoisotopic (exact) mass is 522 g/mol. The third-order valence-corrected chi connectivity index (χ3v) is 6.62. The molecule has 0 fully saturated rings. The molecule has 4 heterocycles. The fourth-order valence-corrected chi connectivity index (χ4v) is 4.66.